The number of hydrogen-bond acceptors (Lipinski definition) is 9. The Hall–Kier alpha value is -4.79. The van der Waals surface area contributed by atoms with Crippen molar-refractivity contribution in [2.24, 2.45) is 11.6 Å². The van der Waals surface area contributed by atoms with Crippen LogP contribution in [-0.4, -0.2) is 58.1 Å². The number of carbonyl (C=O) groups excluding carboxylic acids is 2. The number of ether oxygens (including phenoxy) is 1. The van der Waals surface area contributed by atoms with Crippen LogP contribution in [0.5, 0.6) is 5.75 Å². The van der Waals surface area contributed by atoms with Crippen LogP contribution in [0.4, 0.5) is 23.4 Å². The Bertz CT molecular complexity index is 1370. The van der Waals surface area contributed by atoms with Gasteiger partial charge >= 0.3 is 6.36 Å². The first kappa shape index (κ1) is 30.7. The number of nitrogens with one attached hydrogen (secondary N) is 2. The number of alkyl halides is 4. The quantitative estimate of drug-likeness (QED) is 0.110. The molecule has 3 aromatic rings. The Morgan fingerprint density at radius 2 is 1.85 bits per heavy atom. The van der Waals surface area contributed by atoms with E-state index in [-0.39, 0.29) is 43.1 Å². The molecule has 0 bridgehead atoms. The van der Waals surface area contributed by atoms with Crippen molar-refractivity contribution >= 4 is 17.6 Å². The molecule has 1 atom stereocenters. The number of anilines is 1. The summed E-state index contributed by atoms with van der Waals surface area (Å²) in [5, 5.41) is 13.8. The highest BCUT2D eigenvalue weighted by molar-refractivity contribution is 5.92. The lowest BCUT2D eigenvalue weighted by Gasteiger charge is -2.17. The first-order valence-electron chi connectivity index (χ1n) is 12.2. The van der Waals surface area contributed by atoms with Crippen molar-refractivity contribution in [1.82, 2.24) is 25.5 Å². The predicted molar refractivity (Wildman–Crippen MR) is 141 cm³/mol. The number of aryl methyl sites for hydroxylation is 1. The lowest BCUT2D eigenvalue weighted by atomic mass is 10.1. The summed E-state index contributed by atoms with van der Waals surface area (Å²) in [5.74, 6) is 4.50. The van der Waals surface area contributed by atoms with Crippen LogP contribution in [-0.2, 0) is 22.4 Å². The summed E-state index contributed by atoms with van der Waals surface area (Å²) in [6.45, 7) is -0.193. The average Bonchev–Trinajstić information content (AvgIpc) is 2.91. The van der Waals surface area contributed by atoms with E-state index in [2.05, 4.69) is 30.6 Å². The highest BCUT2D eigenvalue weighted by Crippen LogP contribution is 2.28. The van der Waals surface area contributed by atoms with Crippen LogP contribution in [0.2, 0.25) is 0 Å². The van der Waals surface area contributed by atoms with Gasteiger partial charge in [0.15, 0.2) is 5.82 Å². The number of hydrogen-bond donors (Lipinski definition) is 4. The van der Waals surface area contributed by atoms with Crippen LogP contribution in [0, 0.1) is 0 Å². The number of pyridine rings is 1. The van der Waals surface area contributed by atoms with Gasteiger partial charge in [-0.1, -0.05) is 12.1 Å². The molecule has 6 N–H and O–H groups in total. The van der Waals surface area contributed by atoms with Gasteiger partial charge in [0, 0.05) is 19.4 Å². The summed E-state index contributed by atoms with van der Waals surface area (Å²) < 4.78 is 55.9. The zero-order chi connectivity index (χ0) is 30.0. The number of carbonyl (C=O) groups is 2. The van der Waals surface area contributed by atoms with E-state index in [4.69, 9.17) is 11.6 Å². The molecule has 0 aliphatic carbocycles. The van der Waals surface area contributed by atoms with Gasteiger partial charge in [-0.15, -0.1) is 18.3 Å². The molecule has 218 valence electrons. The van der Waals surface area contributed by atoms with E-state index in [1.807, 2.05) is 0 Å². The van der Waals surface area contributed by atoms with Crippen molar-refractivity contribution in [3.8, 4) is 16.9 Å². The number of likely N-dealkylation sites (N-methyl/N-ethyl adjacent to an activating group) is 1. The first-order chi connectivity index (χ1) is 19.4. The molecule has 1 unspecified atom stereocenters. The van der Waals surface area contributed by atoms with E-state index in [1.54, 1.807) is 24.3 Å². The molecule has 0 fully saturated rings. The Morgan fingerprint density at radius 1 is 1.10 bits per heavy atom. The normalized spacial score (nSPS) is 12.4. The summed E-state index contributed by atoms with van der Waals surface area (Å²) in [4.78, 5) is 28.0. The monoisotopic (exact) mass is 576 g/mol. The molecule has 0 aliphatic rings. The zero-order valence-corrected chi connectivity index (χ0v) is 21.9. The molecular formula is C26H28F4N8O3. The molecular weight excluding hydrogens is 548 g/mol. The Kier molecular flexibility index (Phi) is 10.5. The van der Waals surface area contributed by atoms with Gasteiger partial charge in [0.25, 0.3) is 5.91 Å². The highest BCUT2D eigenvalue weighted by atomic mass is 19.4. The lowest BCUT2D eigenvalue weighted by molar-refractivity contribution is -0.274. The highest BCUT2D eigenvalue weighted by Gasteiger charge is 2.31. The van der Waals surface area contributed by atoms with Crippen LogP contribution in [0.15, 0.2) is 66.6 Å². The van der Waals surface area contributed by atoms with E-state index in [0.717, 1.165) is 11.2 Å². The third-order valence-corrected chi connectivity index (χ3v) is 5.46. The zero-order valence-electron chi connectivity index (χ0n) is 21.9. The summed E-state index contributed by atoms with van der Waals surface area (Å²) in [5.41, 5.74) is 7.25. The SMILES string of the molecule is CNC(=O)/C(N)=C/N(N)CC(F)CCc1ccc(NC(=O)Cc2cc(-c3cccc(OC(F)(F)F)c3)ccn2)nn1. The second-order valence-corrected chi connectivity index (χ2v) is 8.74. The van der Waals surface area contributed by atoms with Gasteiger partial charge in [0.2, 0.25) is 5.91 Å². The van der Waals surface area contributed by atoms with E-state index >= 15 is 0 Å². The maximum absolute atomic E-state index is 14.3. The first-order valence-corrected chi connectivity index (χ1v) is 12.2. The van der Waals surface area contributed by atoms with Gasteiger partial charge in [-0.2, -0.15) is 5.10 Å². The van der Waals surface area contributed by atoms with E-state index < -0.39 is 24.3 Å². The van der Waals surface area contributed by atoms with Gasteiger partial charge in [0.05, 0.1) is 24.4 Å². The minimum Gasteiger partial charge on any atom is -0.406 e. The van der Waals surface area contributed by atoms with Gasteiger partial charge in [0.1, 0.15) is 17.6 Å². The molecule has 2 heterocycles. The van der Waals surface area contributed by atoms with Crippen molar-refractivity contribution in [3.05, 3.63) is 78.0 Å². The number of nitrogens with two attached hydrogens (primary N) is 2. The van der Waals surface area contributed by atoms with Crippen molar-refractivity contribution in [2.75, 3.05) is 18.9 Å². The van der Waals surface area contributed by atoms with Crippen molar-refractivity contribution in [3.63, 3.8) is 0 Å². The van der Waals surface area contributed by atoms with Crippen LogP contribution in [0.3, 0.4) is 0 Å². The maximum Gasteiger partial charge on any atom is 0.573 e. The van der Waals surface area contributed by atoms with Gasteiger partial charge in [-0.3, -0.25) is 14.6 Å². The number of amides is 2. The van der Waals surface area contributed by atoms with E-state index in [1.165, 1.54) is 37.5 Å². The van der Waals surface area contributed by atoms with Crippen LogP contribution >= 0.6 is 0 Å². The van der Waals surface area contributed by atoms with Gasteiger partial charge < -0.3 is 26.1 Å². The molecule has 1 aromatic carbocycles. The van der Waals surface area contributed by atoms with E-state index in [0.29, 0.717) is 22.5 Å². The molecule has 11 nitrogen and oxygen atoms in total. The molecule has 0 spiro atoms. The lowest BCUT2D eigenvalue weighted by Crippen LogP contribution is -2.35. The molecule has 0 saturated carbocycles. The number of benzene rings is 1. The molecule has 15 heteroatoms. The van der Waals surface area contributed by atoms with Crippen LogP contribution in [0.1, 0.15) is 17.8 Å². The average molecular weight is 577 g/mol. The Morgan fingerprint density at radius 3 is 2.54 bits per heavy atom. The summed E-state index contributed by atoms with van der Waals surface area (Å²) in [6, 6.07) is 11.8. The third kappa shape index (κ3) is 10.4. The topological polar surface area (TPSA) is 161 Å². The number of halogens is 4. The van der Waals surface area contributed by atoms with Gasteiger partial charge in [-0.25, -0.2) is 10.2 Å². The van der Waals surface area contributed by atoms with Crippen molar-refractivity contribution in [2.45, 2.75) is 31.8 Å². The Balaban J connectivity index is 1.51. The predicted octanol–water partition coefficient (Wildman–Crippen LogP) is 2.61. The molecule has 2 amide bonds. The smallest absolute Gasteiger partial charge is 0.406 e. The molecule has 0 radical (unpaired) electrons. The molecule has 3 rings (SSSR count). The minimum absolute atomic E-state index is 0.0784. The number of nitrogens with zero attached hydrogens (tertiary/aromatic N) is 4. The summed E-state index contributed by atoms with van der Waals surface area (Å²) in [7, 11) is 1.40. The molecule has 0 aliphatic heterocycles. The van der Waals surface area contributed by atoms with Gasteiger partial charge in [-0.05, 0) is 60.4 Å². The third-order valence-electron chi connectivity index (χ3n) is 5.46. The van der Waals surface area contributed by atoms with E-state index in [9.17, 15) is 27.2 Å². The fraction of sp³-hybridized carbons (Fsp3) is 0.269. The van der Waals surface area contributed by atoms with Crippen LogP contribution < -0.4 is 26.9 Å². The fourth-order valence-electron chi connectivity index (χ4n) is 3.60. The Labute approximate surface area is 232 Å². The molecule has 41 heavy (non-hydrogen) atoms. The summed E-state index contributed by atoms with van der Waals surface area (Å²) in [6.07, 6.45) is -3.37. The fourth-order valence-corrected chi connectivity index (χ4v) is 3.60. The number of aromatic nitrogens is 3. The largest absolute Gasteiger partial charge is 0.573 e. The molecule has 0 saturated heterocycles. The van der Waals surface area contributed by atoms with Crippen molar-refractivity contribution in [1.29, 1.82) is 0 Å². The summed E-state index contributed by atoms with van der Waals surface area (Å²) >= 11 is 0. The molecule has 2 aromatic heterocycles. The standard InChI is InChI=1S/C26H28F4N8O3/c1-33-25(40)22(31)15-38(32)14-18(27)5-6-19-7-8-23(37-36-19)35-24(39)13-20-11-17(9-10-34-20)16-3-2-4-21(12-16)41-26(28,29)30/h2-4,7-12,15,18H,5-6,13-14,31-32H2,1H3,(H,33,40)(H,35,37,39)/b22-15-. The van der Waals surface area contributed by atoms with Crippen LogP contribution in [0.25, 0.3) is 11.1 Å². The van der Waals surface area contributed by atoms with Crippen molar-refractivity contribution < 1.29 is 31.9 Å². The maximum atomic E-state index is 14.3. The second kappa shape index (κ2) is 14.0. The minimum atomic E-state index is -4.81. The number of hydrazine groups is 1. The number of rotatable bonds is 12. The second-order valence-electron chi connectivity index (χ2n) is 8.74.